The fraction of sp³-hybridized carbons (Fsp3) is 0.447. The van der Waals surface area contributed by atoms with Crippen molar-refractivity contribution in [1.82, 2.24) is 9.38 Å². The Labute approximate surface area is 350 Å². The number of halogens is 1. The fourth-order valence-electron chi connectivity index (χ4n) is 6.37. The van der Waals surface area contributed by atoms with Gasteiger partial charge in [-0.15, -0.1) is 0 Å². The smallest absolute Gasteiger partial charge is 0.338 e. The highest BCUT2D eigenvalue weighted by atomic mass is 35.5. The van der Waals surface area contributed by atoms with Gasteiger partial charge in [-0.05, 0) is 48.0 Å². The van der Waals surface area contributed by atoms with E-state index in [0.717, 1.165) is 41.7 Å². The molecule has 2 saturated heterocycles. The fourth-order valence-corrected chi connectivity index (χ4v) is 6.46. The van der Waals surface area contributed by atoms with Crippen LogP contribution >= 0.6 is 11.6 Å². The van der Waals surface area contributed by atoms with Gasteiger partial charge in [0.05, 0.1) is 19.4 Å². The SMILES string of the molecule is COC(=O)[C@H]1O[C@@H](OC[C@H]2OC(Oc3ccc(C(=O)Nc4ccc5nc(C(=O)Cl)cn5c4)cc3)[C@H](OC(C)=O)[C@@H](OC(C)=O)[C@H]2OC(C)=O)[C@H](OC(C)=O)[C@@H](OC(C)=O)[C@@H]1O. The van der Waals surface area contributed by atoms with E-state index in [2.05, 4.69) is 10.3 Å². The van der Waals surface area contributed by atoms with Crippen molar-refractivity contribution >= 4 is 69.9 Å². The number of nitrogens with zero attached hydrogens (tertiary/aromatic N) is 2. The van der Waals surface area contributed by atoms with Crippen molar-refractivity contribution in [2.75, 3.05) is 19.0 Å². The number of carbonyl (C=O) groups is 8. The minimum absolute atomic E-state index is 0.0218. The second-order valence-electron chi connectivity index (χ2n) is 13.4. The van der Waals surface area contributed by atoms with Crippen LogP contribution in [0.5, 0.6) is 5.75 Å². The first-order valence-corrected chi connectivity index (χ1v) is 18.5. The molecular formula is C38H40ClN3O19. The van der Waals surface area contributed by atoms with E-state index < -0.39 is 115 Å². The van der Waals surface area contributed by atoms with Crippen LogP contribution in [-0.4, -0.2) is 137 Å². The van der Waals surface area contributed by atoms with Crippen molar-refractivity contribution in [2.24, 2.45) is 0 Å². The summed E-state index contributed by atoms with van der Waals surface area (Å²) in [6.07, 6.45) is -14.0. The summed E-state index contributed by atoms with van der Waals surface area (Å²) >= 11 is 5.52. The third-order valence-corrected chi connectivity index (χ3v) is 8.95. The highest BCUT2D eigenvalue weighted by Gasteiger charge is 2.56. The number of fused-ring (bicyclic) bond motifs is 1. The Bertz CT molecular complexity index is 2160. The minimum atomic E-state index is -1.90. The number of aliphatic hydroxyl groups excluding tert-OH is 1. The number of pyridine rings is 1. The molecule has 0 saturated carbocycles. The molecular weight excluding hydrogens is 838 g/mol. The maximum absolute atomic E-state index is 13.2. The lowest BCUT2D eigenvalue weighted by Crippen LogP contribution is -2.65. The lowest BCUT2D eigenvalue weighted by Gasteiger charge is -2.45. The number of ether oxygens (including phenoxy) is 10. The van der Waals surface area contributed by atoms with Crippen molar-refractivity contribution in [1.29, 1.82) is 0 Å². The van der Waals surface area contributed by atoms with E-state index in [1.165, 1.54) is 41.1 Å². The molecule has 61 heavy (non-hydrogen) atoms. The summed E-state index contributed by atoms with van der Waals surface area (Å²) in [6.45, 7) is 4.41. The van der Waals surface area contributed by atoms with Gasteiger partial charge in [0.15, 0.2) is 36.8 Å². The van der Waals surface area contributed by atoms with Gasteiger partial charge < -0.3 is 62.2 Å². The maximum atomic E-state index is 13.2. The molecule has 4 heterocycles. The summed E-state index contributed by atoms with van der Waals surface area (Å²) in [6, 6.07) is 8.66. The van der Waals surface area contributed by atoms with Crippen LogP contribution in [0.4, 0.5) is 5.69 Å². The molecule has 0 radical (unpaired) electrons. The molecule has 3 aromatic rings. The van der Waals surface area contributed by atoms with Crippen LogP contribution in [0, 0.1) is 0 Å². The van der Waals surface area contributed by atoms with Gasteiger partial charge in [0.2, 0.25) is 12.4 Å². The van der Waals surface area contributed by atoms with Gasteiger partial charge in [-0.3, -0.25) is 33.6 Å². The number of methoxy groups -OCH3 is 1. The topological polar surface area (TPSA) is 278 Å². The molecule has 0 bridgehead atoms. The highest BCUT2D eigenvalue weighted by Crippen LogP contribution is 2.33. The monoisotopic (exact) mass is 877 g/mol. The van der Waals surface area contributed by atoms with Crippen LogP contribution in [-0.2, 0) is 71.4 Å². The van der Waals surface area contributed by atoms with E-state index in [9.17, 15) is 43.5 Å². The molecule has 2 aromatic heterocycles. The summed E-state index contributed by atoms with van der Waals surface area (Å²) in [5, 5.41) is 12.9. The number of nitrogens with one attached hydrogen (secondary N) is 1. The van der Waals surface area contributed by atoms with Crippen LogP contribution in [0.15, 0.2) is 48.8 Å². The van der Waals surface area contributed by atoms with Gasteiger partial charge in [0.25, 0.3) is 11.1 Å². The Morgan fingerprint density at radius 2 is 1.28 bits per heavy atom. The zero-order chi connectivity index (χ0) is 44.7. The highest BCUT2D eigenvalue weighted by molar-refractivity contribution is 6.67. The first-order valence-electron chi connectivity index (χ1n) is 18.2. The van der Waals surface area contributed by atoms with Gasteiger partial charge in [-0.2, -0.15) is 0 Å². The van der Waals surface area contributed by atoms with Crippen molar-refractivity contribution < 1.29 is 90.8 Å². The lowest BCUT2D eigenvalue weighted by molar-refractivity contribution is -0.322. The number of aromatic nitrogens is 2. The molecule has 0 spiro atoms. The molecule has 2 aliphatic rings. The number of amides is 1. The molecule has 10 atom stereocenters. The summed E-state index contributed by atoms with van der Waals surface area (Å²) in [5.74, 6) is -6.17. The van der Waals surface area contributed by atoms with E-state index in [0.29, 0.717) is 11.3 Å². The van der Waals surface area contributed by atoms with Crippen molar-refractivity contribution in [3.8, 4) is 5.75 Å². The largest absolute Gasteiger partial charge is 0.467 e. The Balaban J connectivity index is 1.42. The van der Waals surface area contributed by atoms with Crippen LogP contribution in [0.25, 0.3) is 5.65 Å². The summed E-state index contributed by atoms with van der Waals surface area (Å²) in [4.78, 5) is 103. The number of rotatable bonds is 14. The number of imidazole rings is 1. The molecule has 1 aromatic carbocycles. The summed E-state index contributed by atoms with van der Waals surface area (Å²) in [5.41, 5.74) is 0.950. The second kappa shape index (κ2) is 19.9. The van der Waals surface area contributed by atoms with Crippen LogP contribution < -0.4 is 10.1 Å². The van der Waals surface area contributed by atoms with Gasteiger partial charge in [0, 0.05) is 52.6 Å². The average Bonchev–Trinajstić information content (AvgIpc) is 3.62. The molecule has 0 aliphatic carbocycles. The number of esters is 6. The Hall–Kier alpha value is -6.20. The van der Waals surface area contributed by atoms with Gasteiger partial charge in [-0.1, -0.05) is 0 Å². The number of carbonyl (C=O) groups excluding carboxylic acids is 8. The average molecular weight is 878 g/mol. The van der Waals surface area contributed by atoms with Crippen LogP contribution in [0.3, 0.4) is 0 Å². The Morgan fingerprint density at radius 1 is 0.721 bits per heavy atom. The molecule has 2 N–H and O–H groups in total. The molecule has 22 nitrogen and oxygen atoms in total. The first-order chi connectivity index (χ1) is 28.8. The number of anilines is 1. The molecule has 1 amide bonds. The molecule has 5 rings (SSSR count). The van der Waals surface area contributed by atoms with Crippen LogP contribution in [0.1, 0.15) is 55.5 Å². The third-order valence-electron chi connectivity index (χ3n) is 8.76. The molecule has 1 unspecified atom stereocenters. The number of aliphatic hydroxyl groups is 1. The Kier molecular flexibility index (Phi) is 15.0. The maximum Gasteiger partial charge on any atom is 0.338 e. The summed E-state index contributed by atoms with van der Waals surface area (Å²) in [7, 11) is 0.997. The van der Waals surface area contributed by atoms with Crippen molar-refractivity contribution in [3.63, 3.8) is 0 Å². The van der Waals surface area contributed by atoms with Gasteiger partial charge >= 0.3 is 35.8 Å². The van der Waals surface area contributed by atoms with E-state index in [-0.39, 0.29) is 17.0 Å². The van der Waals surface area contributed by atoms with E-state index in [1.807, 2.05) is 0 Å². The number of hydrogen-bond donors (Lipinski definition) is 2. The lowest BCUT2D eigenvalue weighted by atomic mass is 9.97. The van der Waals surface area contributed by atoms with E-state index in [4.69, 9.17) is 59.0 Å². The van der Waals surface area contributed by atoms with Crippen molar-refractivity contribution in [3.05, 3.63) is 60.0 Å². The van der Waals surface area contributed by atoms with Crippen LogP contribution in [0.2, 0.25) is 0 Å². The first kappa shape index (κ1) is 45.9. The van der Waals surface area contributed by atoms with Gasteiger partial charge in [0.1, 0.15) is 29.3 Å². The Morgan fingerprint density at radius 3 is 1.85 bits per heavy atom. The molecule has 328 valence electrons. The van der Waals surface area contributed by atoms with Crippen molar-refractivity contribution in [2.45, 2.75) is 96.0 Å². The van der Waals surface area contributed by atoms with Gasteiger partial charge in [-0.25, -0.2) is 9.78 Å². The summed E-state index contributed by atoms with van der Waals surface area (Å²) < 4.78 is 57.0. The van der Waals surface area contributed by atoms with E-state index >= 15 is 0 Å². The normalized spacial score (nSPS) is 25.9. The minimum Gasteiger partial charge on any atom is -0.467 e. The second-order valence-corrected chi connectivity index (χ2v) is 13.7. The zero-order valence-electron chi connectivity index (χ0n) is 33.2. The standard InChI is InChI=1S/C38H40ClN3O19/c1-16(43)54-28-25(15-53-37-32(57-19(4)46)29(55-17(2)44)27(48)30(61-37)36(51)52-6)60-38(33(58-20(5)47)31(28)56-18(3)45)59-23-10-7-21(8-11-23)35(50)40-22-9-12-26-41-24(34(39)49)14-42(26)13-22/h7-14,25,27-33,37-38,48H,15H2,1-6H3,(H,40,50)/t25-,27+,28+,29+,30+,31+,32-,33-,37-,38?/m1/s1. The molecule has 23 heteroatoms. The number of benzene rings is 1. The predicted molar refractivity (Wildman–Crippen MR) is 199 cm³/mol. The number of hydrogen-bond acceptors (Lipinski definition) is 20. The molecule has 2 fully saturated rings. The molecule has 2 aliphatic heterocycles. The predicted octanol–water partition coefficient (Wildman–Crippen LogP) is 1.00. The zero-order valence-corrected chi connectivity index (χ0v) is 33.9. The quantitative estimate of drug-likeness (QED) is 0.130. The third kappa shape index (κ3) is 11.5. The van der Waals surface area contributed by atoms with E-state index in [1.54, 1.807) is 12.1 Å².